The van der Waals surface area contributed by atoms with Gasteiger partial charge in [0.25, 0.3) is 0 Å². The Morgan fingerprint density at radius 2 is 1.65 bits per heavy atom. The average molecular weight is 330 g/mol. The van der Waals surface area contributed by atoms with Crippen molar-refractivity contribution < 1.29 is 54.0 Å². The van der Waals surface area contributed by atoms with Crippen molar-refractivity contribution in [3.05, 3.63) is 29.3 Å². The van der Waals surface area contributed by atoms with E-state index in [2.05, 4.69) is 0 Å². The number of halogens is 6. The van der Waals surface area contributed by atoms with Crippen LogP contribution in [0.5, 0.6) is 0 Å². The number of benzene rings is 1. The molecule has 1 aromatic rings. The fraction of sp³-hybridized carbons (Fsp3) is 0.333. The minimum atomic E-state index is -5.41. The first-order valence-electron chi connectivity index (χ1n) is 4.48. The topological polar surface area (TPSA) is 40.1 Å². The first-order valence-corrected chi connectivity index (χ1v) is 6.38. The molecule has 0 saturated heterocycles. The monoisotopic (exact) mass is 330 g/mol. The third kappa shape index (κ3) is 3.95. The quantitative estimate of drug-likeness (QED) is 0.348. The number of aryl methyl sites for hydroxylation is 1. The van der Waals surface area contributed by atoms with Gasteiger partial charge in [-0.2, -0.15) is 17.6 Å². The molecule has 0 aliphatic heterocycles. The molecule has 0 heterocycles. The predicted molar refractivity (Wildman–Crippen MR) is 55.8 cm³/mol. The van der Waals surface area contributed by atoms with Crippen LogP contribution in [0.4, 0.5) is 26.3 Å². The van der Waals surface area contributed by atoms with Crippen LogP contribution in [0.3, 0.4) is 0 Å². The Morgan fingerprint density at radius 3 is 2.10 bits per heavy atom. The maximum Gasteiger partial charge on any atom is 1.00 e. The minimum Gasteiger partial charge on any atom is -0.768 e. The summed E-state index contributed by atoms with van der Waals surface area (Å²) in [7, 11) is 0. The summed E-state index contributed by atoms with van der Waals surface area (Å²) in [5, 5.41) is -10.5. The molecule has 11 heteroatoms. The van der Waals surface area contributed by atoms with E-state index in [4.69, 9.17) is 0 Å². The van der Waals surface area contributed by atoms with Gasteiger partial charge in [0.05, 0.1) is 4.90 Å². The molecule has 0 spiro atoms. The van der Waals surface area contributed by atoms with E-state index in [9.17, 15) is 35.1 Å². The second-order valence-corrected chi connectivity index (χ2v) is 5.54. The van der Waals surface area contributed by atoms with E-state index in [1.165, 1.54) is 0 Å². The number of thioether (sulfide) groups is 1. The summed E-state index contributed by atoms with van der Waals surface area (Å²) in [4.78, 5) is -1.11. The Balaban J connectivity index is 0.00000361. The smallest absolute Gasteiger partial charge is 0.768 e. The van der Waals surface area contributed by atoms with Crippen LogP contribution in [0.15, 0.2) is 17.0 Å². The Bertz CT molecular complexity index is 525. The summed E-state index contributed by atoms with van der Waals surface area (Å²) in [5.74, 6) is -2.43. The molecule has 1 rings (SSSR count). The molecule has 0 saturated carbocycles. The van der Waals surface area contributed by atoms with Gasteiger partial charge in [0, 0.05) is 11.1 Å². The third-order valence-corrected chi connectivity index (χ3v) is 3.85. The maximum absolute atomic E-state index is 13.2. The van der Waals surface area contributed by atoms with Crippen molar-refractivity contribution >= 4 is 22.8 Å². The van der Waals surface area contributed by atoms with Gasteiger partial charge in [0.15, 0.2) is 0 Å². The van der Waals surface area contributed by atoms with Crippen molar-refractivity contribution in [3.63, 3.8) is 0 Å². The Labute approximate surface area is 128 Å². The molecular formula is C9H5F6LiO2S2. The zero-order valence-electron chi connectivity index (χ0n) is 10.1. The minimum absolute atomic E-state index is 0. The van der Waals surface area contributed by atoms with Crippen molar-refractivity contribution in [2.75, 3.05) is 0 Å². The molecule has 1 aromatic carbocycles. The van der Waals surface area contributed by atoms with Gasteiger partial charge >= 0.3 is 29.4 Å². The maximum atomic E-state index is 13.2. The molecule has 0 radical (unpaired) electrons. The Kier molecular flexibility index (Phi) is 6.70. The summed E-state index contributed by atoms with van der Waals surface area (Å²) >= 11 is -5.47. The van der Waals surface area contributed by atoms with Crippen LogP contribution in [0.2, 0.25) is 0 Å². The SMILES string of the molecule is Cc1cc(F)c(SC(F)(F)C(F)(F)S(=O)[O-])cc1F.[Li+]. The van der Waals surface area contributed by atoms with Crippen molar-refractivity contribution in [1.29, 1.82) is 0 Å². The molecule has 0 fully saturated rings. The van der Waals surface area contributed by atoms with Gasteiger partial charge < -0.3 is 4.55 Å². The largest absolute Gasteiger partial charge is 1.00 e. The van der Waals surface area contributed by atoms with Crippen LogP contribution in [0, 0.1) is 18.6 Å². The van der Waals surface area contributed by atoms with Crippen LogP contribution in [-0.2, 0) is 11.1 Å². The fourth-order valence-corrected chi connectivity index (χ4v) is 2.24. The van der Waals surface area contributed by atoms with Crippen molar-refractivity contribution in [1.82, 2.24) is 0 Å². The second-order valence-electron chi connectivity index (χ2n) is 3.40. The second kappa shape index (κ2) is 6.75. The fourth-order valence-electron chi connectivity index (χ4n) is 1.00. The zero-order chi connectivity index (χ0) is 15.0. The van der Waals surface area contributed by atoms with E-state index in [0.717, 1.165) is 6.92 Å². The standard InChI is InChI=1S/C9H6F6O2S2.Li/c1-4-2-6(11)7(3-5(4)10)18-8(12,13)9(14,15)19(16)17;/h2-3H,1H3,(H,16,17);/q;+1/p-1. The van der Waals surface area contributed by atoms with Gasteiger partial charge in [-0.05, 0) is 36.4 Å². The van der Waals surface area contributed by atoms with Crippen LogP contribution in [0.1, 0.15) is 5.56 Å². The molecule has 0 bridgehead atoms. The van der Waals surface area contributed by atoms with E-state index in [1.54, 1.807) is 0 Å². The van der Waals surface area contributed by atoms with Gasteiger partial charge in [-0.15, -0.1) is 0 Å². The summed E-state index contributed by atoms with van der Waals surface area (Å²) < 4.78 is 98.0. The molecular weight excluding hydrogens is 325 g/mol. The Morgan fingerprint density at radius 1 is 1.15 bits per heavy atom. The summed E-state index contributed by atoms with van der Waals surface area (Å²) in [5.41, 5.74) is -0.204. The molecule has 20 heavy (non-hydrogen) atoms. The van der Waals surface area contributed by atoms with E-state index in [0.29, 0.717) is 12.1 Å². The van der Waals surface area contributed by atoms with Crippen LogP contribution >= 0.6 is 11.8 Å². The molecule has 1 unspecified atom stereocenters. The first-order chi connectivity index (χ1) is 8.49. The predicted octanol–water partition coefficient (Wildman–Crippen LogP) is 0.434. The number of alkyl halides is 4. The summed E-state index contributed by atoms with van der Waals surface area (Å²) in [6.45, 7) is 1.15. The van der Waals surface area contributed by atoms with Crippen LogP contribution in [-0.4, -0.2) is 19.3 Å². The first kappa shape index (κ1) is 19.9. The van der Waals surface area contributed by atoms with Crippen molar-refractivity contribution in [2.45, 2.75) is 22.3 Å². The summed E-state index contributed by atoms with van der Waals surface area (Å²) in [6.07, 6.45) is 0. The Hall–Kier alpha value is -0.143. The van der Waals surface area contributed by atoms with Gasteiger partial charge in [-0.25, -0.2) is 8.78 Å². The number of hydrogen-bond acceptors (Lipinski definition) is 3. The molecule has 0 amide bonds. The number of hydrogen-bond donors (Lipinski definition) is 0. The molecule has 0 aliphatic rings. The van der Waals surface area contributed by atoms with Gasteiger partial charge in [-0.1, -0.05) is 0 Å². The van der Waals surface area contributed by atoms with Crippen molar-refractivity contribution in [2.24, 2.45) is 0 Å². The molecule has 0 aromatic heterocycles. The van der Waals surface area contributed by atoms with Gasteiger partial charge in [0.1, 0.15) is 11.6 Å². The molecule has 2 nitrogen and oxygen atoms in total. The zero-order valence-corrected chi connectivity index (χ0v) is 11.7. The molecule has 0 aliphatic carbocycles. The molecule has 0 N–H and O–H groups in total. The normalized spacial score (nSPS) is 13.8. The number of rotatable bonds is 4. The van der Waals surface area contributed by atoms with E-state index < -0.39 is 49.9 Å². The molecule has 1 atom stereocenters. The molecule has 108 valence electrons. The third-order valence-electron chi connectivity index (χ3n) is 2.00. The summed E-state index contributed by atoms with van der Waals surface area (Å²) in [6, 6.07) is 0.840. The van der Waals surface area contributed by atoms with E-state index in [1.807, 2.05) is 0 Å². The van der Waals surface area contributed by atoms with E-state index in [-0.39, 0.29) is 24.4 Å². The average Bonchev–Trinajstić information content (AvgIpc) is 2.25. The van der Waals surface area contributed by atoms with Gasteiger partial charge in [-0.3, -0.25) is 4.21 Å². The van der Waals surface area contributed by atoms with Crippen LogP contribution < -0.4 is 18.9 Å². The van der Waals surface area contributed by atoms with Crippen molar-refractivity contribution in [3.8, 4) is 0 Å². The van der Waals surface area contributed by atoms with Crippen LogP contribution in [0.25, 0.3) is 0 Å². The van der Waals surface area contributed by atoms with Gasteiger partial charge in [0.2, 0.25) is 0 Å². The van der Waals surface area contributed by atoms with E-state index >= 15 is 0 Å².